The Morgan fingerprint density at radius 3 is 2.73 bits per heavy atom. The maximum absolute atomic E-state index is 12.2. The molecule has 0 amide bonds. The molecule has 0 unspecified atom stereocenters. The van der Waals surface area contributed by atoms with E-state index < -0.39 is 12.6 Å². The SMILES string of the molecule is CN=C(NCCC(F)(F)F)N(C)Cc1ccc2c(c1)OCO2. The molecule has 1 aromatic rings. The Kier molecular flexibility index (Phi) is 4.99. The van der Waals surface area contributed by atoms with Gasteiger partial charge in [-0.25, -0.2) is 0 Å². The zero-order chi connectivity index (χ0) is 16.2. The predicted octanol–water partition coefficient (Wildman–Crippen LogP) is 2.37. The number of nitrogens with zero attached hydrogens (tertiary/aromatic N) is 2. The van der Waals surface area contributed by atoms with Crippen LogP contribution in [0.4, 0.5) is 13.2 Å². The van der Waals surface area contributed by atoms with E-state index in [4.69, 9.17) is 9.47 Å². The largest absolute Gasteiger partial charge is 0.454 e. The molecule has 0 saturated carbocycles. The van der Waals surface area contributed by atoms with Crippen LogP contribution in [-0.4, -0.2) is 44.5 Å². The van der Waals surface area contributed by atoms with E-state index in [1.807, 2.05) is 18.2 Å². The number of halogens is 3. The smallest absolute Gasteiger partial charge is 0.390 e. The highest BCUT2D eigenvalue weighted by atomic mass is 19.4. The highest BCUT2D eigenvalue weighted by molar-refractivity contribution is 5.79. The number of fused-ring (bicyclic) bond motifs is 1. The van der Waals surface area contributed by atoms with Crippen LogP contribution in [0.25, 0.3) is 0 Å². The van der Waals surface area contributed by atoms with Crippen molar-refractivity contribution >= 4 is 5.96 Å². The normalized spacial score (nSPS) is 14.1. The average molecular weight is 317 g/mol. The molecule has 2 rings (SSSR count). The molecule has 1 aromatic carbocycles. The summed E-state index contributed by atoms with van der Waals surface area (Å²) in [5.41, 5.74) is 0.950. The minimum Gasteiger partial charge on any atom is -0.454 e. The van der Waals surface area contributed by atoms with E-state index in [0.717, 1.165) is 5.56 Å². The van der Waals surface area contributed by atoms with Crippen LogP contribution in [0.15, 0.2) is 23.2 Å². The number of alkyl halides is 3. The molecule has 22 heavy (non-hydrogen) atoms. The van der Waals surface area contributed by atoms with Gasteiger partial charge in [0.25, 0.3) is 0 Å². The van der Waals surface area contributed by atoms with Crippen molar-refractivity contribution in [1.82, 2.24) is 10.2 Å². The Morgan fingerprint density at radius 1 is 1.32 bits per heavy atom. The van der Waals surface area contributed by atoms with Crippen molar-refractivity contribution in [3.63, 3.8) is 0 Å². The van der Waals surface area contributed by atoms with Crippen molar-refractivity contribution in [2.24, 2.45) is 4.99 Å². The minimum atomic E-state index is -4.18. The maximum atomic E-state index is 12.2. The van der Waals surface area contributed by atoms with Crippen LogP contribution in [0.3, 0.4) is 0 Å². The van der Waals surface area contributed by atoms with Crippen molar-refractivity contribution in [1.29, 1.82) is 0 Å². The van der Waals surface area contributed by atoms with Gasteiger partial charge in [0.05, 0.1) is 6.42 Å². The molecule has 5 nitrogen and oxygen atoms in total. The van der Waals surface area contributed by atoms with E-state index >= 15 is 0 Å². The van der Waals surface area contributed by atoms with E-state index in [9.17, 15) is 13.2 Å². The quantitative estimate of drug-likeness (QED) is 0.684. The lowest BCUT2D eigenvalue weighted by molar-refractivity contribution is -0.132. The van der Waals surface area contributed by atoms with E-state index in [0.29, 0.717) is 24.0 Å². The molecule has 0 radical (unpaired) electrons. The Bertz CT molecular complexity index is 547. The summed E-state index contributed by atoms with van der Waals surface area (Å²) in [6.45, 7) is 0.485. The van der Waals surface area contributed by atoms with Crippen LogP contribution in [0.5, 0.6) is 11.5 Å². The number of guanidine groups is 1. The summed E-state index contributed by atoms with van der Waals surface area (Å²) in [4.78, 5) is 5.73. The standard InChI is InChI=1S/C14H18F3N3O2/c1-18-13(19-6-5-14(15,16)17)20(2)8-10-3-4-11-12(7-10)22-9-21-11/h3-4,7H,5-6,8-9H2,1-2H3,(H,18,19). The molecule has 122 valence electrons. The fourth-order valence-electron chi connectivity index (χ4n) is 2.09. The van der Waals surface area contributed by atoms with Crippen molar-refractivity contribution in [2.75, 3.05) is 27.4 Å². The van der Waals surface area contributed by atoms with Gasteiger partial charge in [-0.05, 0) is 17.7 Å². The van der Waals surface area contributed by atoms with Crippen LogP contribution in [0, 0.1) is 0 Å². The van der Waals surface area contributed by atoms with Gasteiger partial charge >= 0.3 is 6.18 Å². The second-order valence-electron chi connectivity index (χ2n) is 4.88. The first-order valence-corrected chi connectivity index (χ1v) is 6.76. The topological polar surface area (TPSA) is 46.1 Å². The predicted molar refractivity (Wildman–Crippen MR) is 76.1 cm³/mol. The highest BCUT2D eigenvalue weighted by Crippen LogP contribution is 2.32. The van der Waals surface area contributed by atoms with Gasteiger partial charge in [0, 0.05) is 27.2 Å². The number of benzene rings is 1. The van der Waals surface area contributed by atoms with E-state index in [2.05, 4.69) is 10.3 Å². The Balaban J connectivity index is 1.90. The summed E-state index contributed by atoms with van der Waals surface area (Å²) in [6.07, 6.45) is -5.08. The molecular formula is C14H18F3N3O2. The number of rotatable bonds is 4. The van der Waals surface area contributed by atoms with Gasteiger partial charge in [0.2, 0.25) is 6.79 Å². The van der Waals surface area contributed by atoms with Crippen molar-refractivity contribution in [3.8, 4) is 11.5 Å². The van der Waals surface area contributed by atoms with Crippen LogP contribution in [-0.2, 0) is 6.54 Å². The molecule has 0 aliphatic carbocycles. The van der Waals surface area contributed by atoms with Crippen LogP contribution in [0.1, 0.15) is 12.0 Å². The number of nitrogens with one attached hydrogen (secondary N) is 1. The van der Waals surface area contributed by atoms with E-state index in [-0.39, 0.29) is 13.3 Å². The van der Waals surface area contributed by atoms with Gasteiger partial charge in [-0.2, -0.15) is 13.2 Å². The molecule has 0 fully saturated rings. The van der Waals surface area contributed by atoms with Crippen molar-refractivity contribution in [2.45, 2.75) is 19.1 Å². The van der Waals surface area contributed by atoms with Crippen LogP contribution >= 0.6 is 0 Å². The lowest BCUT2D eigenvalue weighted by Crippen LogP contribution is -2.39. The molecule has 0 spiro atoms. The summed E-state index contributed by atoms with van der Waals surface area (Å²) in [7, 11) is 3.29. The molecule has 1 aliphatic heterocycles. The van der Waals surface area contributed by atoms with Crippen LogP contribution < -0.4 is 14.8 Å². The number of aliphatic imine (C=N–C) groups is 1. The third kappa shape index (κ3) is 4.44. The first-order valence-electron chi connectivity index (χ1n) is 6.76. The maximum Gasteiger partial charge on any atom is 0.390 e. The number of hydrogen-bond acceptors (Lipinski definition) is 3. The molecule has 0 aromatic heterocycles. The van der Waals surface area contributed by atoms with E-state index in [1.54, 1.807) is 11.9 Å². The minimum absolute atomic E-state index is 0.204. The van der Waals surface area contributed by atoms with E-state index in [1.165, 1.54) is 7.05 Å². The second-order valence-corrected chi connectivity index (χ2v) is 4.88. The Hall–Kier alpha value is -2.12. The first kappa shape index (κ1) is 16.3. The molecule has 1 heterocycles. The fraction of sp³-hybridized carbons (Fsp3) is 0.500. The summed E-state index contributed by atoms with van der Waals surface area (Å²) in [6, 6.07) is 5.54. The molecule has 8 heteroatoms. The zero-order valence-corrected chi connectivity index (χ0v) is 12.4. The number of ether oxygens (including phenoxy) is 2. The summed E-state index contributed by atoms with van der Waals surface area (Å²) >= 11 is 0. The molecule has 0 atom stereocenters. The second kappa shape index (κ2) is 6.76. The first-order chi connectivity index (χ1) is 10.4. The Morgan fingerprint density at radius 2 is 2.05 bits per heavy atom. The van der Waals surface area contributed by atoms with Crippen LogP contribution in [0.2, 0.25) is 0 Å². The zero-order valence-electron chi connectivity index (χ0n) is 12.4. The lowest BCUT2D eigenvalue weighted by atomic mass is 10.2. The summed E-state index contributed by atoms with van der Waals surface area (Å²) < 4.78 is 47.0. The van der Waals surface area contributed by atoms with Crippen molar-refractivity contribution < 1.29 is 22.6 Å². The molecule has 0 bridgehead atoms. The van der Waals surface area contributed by atoms with Gasteiger partial charge in [-0.1, -0.05) is 6.07 Å². The molecular weight excluding hydrogens is 299 g/mol. The molecule has 1 aliphatic rings. The monoisotopic (exact) mass is 317 g/mol. The van der Waals surface area contributed by atoms with Gasteiger partial charge in [-0.15, -0.1) is 0 Å². The van der Waals surface area contributed by atoms with Gasteiger partial charge in [0.15, 0.2) is 17.5 Å². The highest BCUT2D eigenvalue weighted by Gasteiger charge is 2.26. The van der Waals surface area contributed by atoms with Gasteiger partial charge < -0.3 is 19.7 Å². The third-order valence-corrected chi connectivity index (χ3v) is 3.12. The molecule has 0 saturated heterocycles. The lowest BCUT2D eigenvalue weighted by Gasteiger charge is -2.22. The number of hydrogen-bond donors (Lipinski definition) is 1. The molecule has 1 N–H and O–H groups in total. The Labute approximate surface area is 126 Å². The summed E-state index contributed by atoms with van der Waals surface area (Å²) in [5, 5.41) is 2.70. The average Bonchev–Trinajstić information content (AvgIpc) is 2.89. The van der Waals surface area contributed by atoms with Gasteiger partial charge in [0.1, 0.15) is 0 Å². The third-order valence-electron chi connectivity index (χ3n) is 3.12. The van der Waals surface area contributed by atoms with Gasteiger partial charge in [-0.3, -0.25) is 4.99 Å². The fourth-order valence-corrected chi connectivity index (χ4v) is 2.09. The van der Waals surface area contributed by atoms with Crippen molar-refractivity contribution in [3.05, 3.63) is 23.8 Å². The summed E-state index contributed by atoms with van der Waals surface area (Å²) in [5.74, 6) is 1.77.